The van der Waals surface area contributed by atoms with Crippen molar-refractivity contribution in [1.29, 1.82) is 0 Å². The van der Waals surface area contributed by atoms with Gasteiger partial charge in [-0.1, -0.05) is 17.7 Å². The van der Waals surface area contributed by atoms with E-state index in [2.05, 4.69) is 5.32 Å². The third-order valence-corrected chi connectivity index (χ3v) is 5.75. The maximum absolute atomic E-state index is 13.2. The molecule has 0 unspecified atom stereocenters. The van der Waals surface area contributed by atoms with Gasteiger partial charge in [0, 0.05) is 13.7 Å². The fourth-order valence-electron chi connectivity index (χ4n) is 2.51. The van der Waals surface area contributed by atoms with E-state index in [1.807, 2.05) is 13.8 Å². The Hall–Kier alpha value is -2.58. The Kier molecular flexibility index (Phi) is 7.83. The van der Waals surface area contributed by atoms with Crippen molar-refractivity contribution in [3.8, 4) is 5.75 Å². The first-order valence-corrected chi connectivity index (χ1v) is 10.4. The van der Waals surface area contributed by atoms with Crippen LogP contribution in [0.3, 0.4) is 0 Å². The van der Waals surface area contributed by atoms with Gasteiger partial charge in [0.05, 0.1) is 23.8 Å². The first-order chi connectivity index (χ1) is 13.4. The Morgan fingerprint density at radius 1 is 1.07 bits per heavy atom. The highest BCUT2D eigenvalue weighted by Crippen LogP contribution is 2.25. The number of nitrogens with one attached hydrogen (secondary N) is 1. The van der Waals surface area contributed by atoms with E-state index >= 15 is 0 Å². The minimum absolute atomic E-state index is 0.0845. The van der Waals surface area contributed by atoms with Crippen molar-refractivity contribution in [1.82, 2.24) is 5.32 Å². The van der Waals surface area contributed by atoms with Crippen LogP contribution in [0.5, 0.6) is 5.75 Å². The first kappa shape index (κ1) is 21.7. The second-order valence-corrected chi connectivity index (χ2v) is 7.96. The molecule has 0 aliphatic rings. The summed E-state index contributed by atoms with van der Waals surface area (Å²) in [4.78, 5) is 12.4. The van der Waals surface area contributed by atoms with Gasteiger partial charge in [0.1, 0.15) is 12.3 Å². The van der Waals surface area contributed by atoms with Crippen LogP contribution in [0.15, 0.2) is 53.4 Å². The molecule has 0 aliphatic heterocycles. The Morgan fingerprint density at radius 2 is 1.71 bits per heavy atom. The number of ether oxygens (including phenoxy) is 2. The molecular formula is C20H26N2O5S. The van der Waals surface area contributed by atoms with Gasteiger partial charge in [-0.15, -0.1) is 0 Å². The molecule has 2 aromatic rings. The molecule has 8 heteroatoms. The van der Waals surface area contributed by atoms with E-state index in [-0.39, 0.29) is 11.4 Å². The van der Waals surface area contributed by atoms with E-state index in [1.165, 1.54) is 19.2 Å². The summed E-state index contributed by atoms with van der Waals surface area (Å²) < 4.78 is 37.8. The monoisotopic (exact) mass is 406 g/mol. The van der Waals surface area contributed by atoms with Gasteiger partial charge in [-0.25, -0.2) is 8.42 Å². The van der Waals surface area contributed by atoms with Crippen LogP contribution in [-0.4, -0.2) is 47.7 Å². The number of aryl methyl sites for hydroxylation is 1. The highest BCUT2D eigenvalue weighted by atomic mass is 32.2. The molecule has 0 radical (unpaired) electrons. The highest BCUT2D eigenvalue weighted by molar-refractivity contribution is 7.92. The zero-order valence-electron chi connectivity index (χ0n) is 16.3. The van der Waals surface area contributed by atoms with Crippen molar-refractivity contribution in [2.75, 3.05) is 37.7 Å². The minimum Gasteiger partial charge on any atom is -0.494 e. The van der Waals surface area contributed by atoms with Gasteiger partial charge < -0.3 is 14.8 Å². The van der Waals surface area contributed by atoms with Crippen molar-refractivity contribution >= 4 is 21.6 Å². The molecular weight excluding hydrogens is 380 g/mol. The molecule has 2 rings (SSSR count). The molecule has 152 valence electrons. The van der Waals surface area contributed by atoms with Crippen molar-refractivity contribution in [3.63, 3.8) is 0 Å². The summed E-state index contributed by atoms with van der Waals surface area (Å²) in [6, 6.07) is 13.1. The van der Waals surface area contributed by atoms with Crippen LogP contribution in [0, 0.1) is 6.92 Å². The molecule has 0 saturated carbocycles. The molecule has 2 aromatic carbocycles. The number of amides is 1. The van der Waals surface area contributed by atoms with Crippen LogP contribution in [0.4, 0.5) is 5.69 Å². The number of carbonyl (C=O) groups is 1. The maximum Gasteiger partial charge on any atom is 0.264 e. The molecule has 1 amide bonds. The maximum atomic E-state index is 13.2. The zero-order valence-corrected chi connectivity index (χ0v) is 17.2. The fourth-order valence-corrected chi connectivity index (χ4v) is 3.93. The second kappa shape index (κ2) is 10.1. The van der Waals surface area contributed by atoms with Crippen LogP contribution in [0.25, 0.3) is 0 Å². The highest BCUT2D eigenvalue weighted by Gasteiger charge is 2.27. The molecule has 0 aliphatic carbocycles. The van der Waals surface area contributed by atoms with Gasteiger partial charge in [-0.05, 0) is 50.2 Å². The SMILES string of the molecule is CCOc1ccc(S(=O)(=O)N(CC(=O)NCCOC)c2ccc(C)cc2)cc1. The Labute approximate surface area is 166 Å². The number of carbonyl (C=O) groups excluding carboxylic acids is 1. The molecule has 28 heavy (non-hydrogen) atoms. The van der Waals surface area contributed by atoms with Crippen LogP contribution in [-0.2, 0) is 19.6 Å². The lowest BCUT2D eigenvalue weighted by Gasteiger charge is -2.24. The van der Waals surface area contributed by atoms with Crippen molar-refractivity contribution in [2.45, 2.75) is 18.7 Å². The number of hydrogen-bond donors (Lipinski definition) is 1. The zero-order chi connectivity index (χ0) is 20.6. The molecule has 0 saturated heterocycles. The third kappa shape index (κ3) is 5.71. The van der Waals surface area contributed by atoms with E-state index < -0.39 is 15.9 Å². The summed E-state index contributed by atoms with van der Waals surface area (Å²) >= 11 is 0. The molecule has 0 heterocycles. The normalized spacial score (nSPS) is 11.1. The van der Waals surface area contributed by atoms with Gasteiger partial charge in [0.25, 0.3) is 10.0 Å². The number of methoxy groups -OCH3 is 1. The molecule has 7 nitrogen and oxygen atoms in total. The number of benzene rings is 2. The van der Waals surface area contributed by atoms with Crippen LogP contribution >= 0.6 is 0 Å². The van der Waals surface area contributed by atoms with E-state index in [0.29, 0.717) is 31.2 Å². The van der Waals surface area contributed by atoms with Crippen molar-refractivity contribution < 1.29 is 22.7 Å². The average Bonchev–Trinajstić information content (AvgIpc) is 2.68. The summed E-state index contributed by atoms with van der Waals surface area (Å²) in [5.74, 6) is 0.174. The van der Waals surface area contributed by atoms with Gasteiger partial charge in [-0.2, -0.15) is 0 Å². The summed E-state index contributed by atoms with van der Waals surface area (Å²) in [6.45, 7) is 4.58. The van der Waals surface area contributed by atoms with E-state index in [9.17, 15) is 13.2 Å². The molecule has 1 N–H and O–H groups in total. The van der Waals surface area contributed by atoms with Gasteiger partial charge in [0.2, 0.25) is 5.91 Å². The lowest BCUT2D eigenvalue weighted by Crippen LogP contribution is -2.41. The Balaban J connectivity index is 2.33. The van der Waals surface area contributed by atoms with E-state index in [1.54, 1.807) is 36.4 Å². The molecule has 0 aromatic heterocycles. The summed E-state index contributed by atoms with van der Waals surface area (Å²) in [5, 5.41) is 2.65. The Morgan fingerprint density at radius 3 is 2.29 bits per heavy atom. The van der Waals surface area contributed by atoms with Crippen molar-refractivity contribution in [3.05, 3.63) is 54.1 Å². The first-order valence-electron chi connectivity index (χ1n) is 8.96. The topological polar surface area (TPSA) is 84.9 Å². The summed E-state index contributed by atoms with van der Waals surface area (Å²) in [7, 11) is -2.41. The third-order valence-electron chi connectivity index (χ3n) is 3.96. The standard InChI is InChI=1S/C20H26N2O5S/c1-4-27-18-9-11-19(12-10-18)28(24,25)22(15-20(23)21-13-14-26-3)17-7-5-16(2)6-8-17/h5-12H,4,13-15H2,1-3H3,(H,21,23). The number of rotatable bonds is 10. The number of sulfonamides is 1. The van der Waals surface area contributed by atoms with Gasteiger partial charge in [-0.3, -0.25) is 9.10 Å². The fraction of sp³-hybridized carbons (Fsp3) is 0.350. The number of anilines is 1. The van der Waals surface area contributed by atoms with E-state index in [4.69, 9.17) is 9.47 Å². The summed E-state index contributed by atoms with van der Waals surface area (Å²) in [5.41, 5.74) is 1.41. The largest absolute Gasteiger partial charge is 0.494 e. The van der Waals surface area contributed by atoms with E-state index in [0.717, 1.165) is 9.87 Å². The second-order valence-electron chi connectivity index (χ2n) is 6.09. The predicted octanol–water partition coefficient (Wildman–Crippen LogP) is 2.35. The smallest absolute Gasteiger partial charge is 0.264 e. The van der Waals surface area contributed by atoms with Gasteiger partial charge in [0.15, 0.2) is 0 Å². The lowest BCUT2D eigenvalue weighted by atomic mass is 10.2. The van der Waals surface area contributed by atoms with Crippen LogP contribution in [0.2, 0.25) is 0 Å². The van der Waals surface area contributed by atoms with Crippen molar-refractivity contribution in [2.24, 2.45) is 0 Å². The summed E-state index contributed by atoms with van der Waals surface area (Å²) in [6.07, 6.45) is 0. The molecule has 0 spiro atoms. The Bertz CT molecular complexity index is 864. The minimum atomic E-state index is -3.94. The number of nitrogens with zero attached hydrogens (tertiary/aromatic N) is 1. The average molecular weight is 407 g/mol. The lowest BCUT2D eigenvalue weighted by molar-refractivity contribution is -0.119. The molecule has 0 atom stereocenters. The van der Waals surface area contributed by atoms with Crippen LogP contribution in [0.1, 0.15) is 12.5 Å². The quantitative estimate of drug-likeness (QED) is 0.612. The molecule has 0 bridgehead atoms. The predicted molar refractivity (Wildman–Crippen MR) is 108 cm³/mol. The number of hydrogen-bond acceptors (Lipinski definition) is 5. The van der Waals surface area contributed by atoms with Gasteiger partial charge >= 0.3 is 0 Å². The van der Waals surface area contributed by atoms with Crippen LogP contribution < -0.4 is 14.4 Å². The molecule has 0 fully saturated rings.